The third kappa shape index (κ3) is 2.82. The Morgan fingerprint density at radius 2 is 2.27 bits per heavy atom. The number of pyridine rings is 1. The van der Waals surface area contributed by atoms with Gasteiger partial charge in [-0.3, -0.25) is 9.78 Å². The molecule has 3 rings (SSSR count). The Labute approximate surface area is 130 Å². The van der Waals surface area contributed by atoms with Crippen molar-refractivity contribution < 1.29 is 9.53 Å². The summed E-state index contributed by atoms with van der Waals surface area (Å²) >= 11 is 0. The Kier molecular flexibility index (Phi) is 4.36. The zero-order chi connectivity index (χ0) is 15.4. The van der Waals surface area contributed by atoms with Crippen molar-refractivity contribution in [3.8, 4) is 0 Å². The Hall–Kier alpha value is -1.98. The highest BCUT2D eigenvalue weighted by atomic mass is 16.5. The van der Waals surface area contributed by atoms with Gasteiger partial charge in [-0.1, -0.05) is 24.3 Å². The molecule has 1 aliphatic heterocycles. The number of nitrogens with one attached hydrogen (secondary N) is 2. The normalized spacial score (nSPS) is 21.1. The molecule has 2 heterocycles. The molecular formula is C17H21N3O2. The van der Waals surface area contributed by atoms with Crippen LogP contribution in [0.2, 0.25) is 0 Å². The van der Waals surface area contributed by atoms with E-state index in [9.17, 15) is 4.79 Å². The van der Waals surface area contributed by atoms with E-state index in [-0.39, 0.29) is 5.91 Å². The maximum atomic E-state index is 12.6. The number of para-hydroxylation sites is 1. The van der Waals surface area contributed by atoms with Gasteiger partial charge >= 0.3 is 0 Å². The highest BCUT2D eigenvalue weighted by Crippen LogP contribution is 2.26. The van der Waals surface area contributed by atoms with Gasteiger partial charge in [-0.2, -0.15) is 0 Å². The fourth-order valence-electron chi connectivity index (χ4n) is 3.08. The number of fused-ring (bicyclic) bond motifs is 1. The first kappa shape index (κ1) is 14.9. The van der Waals surface area contributed by atoms with Crippen LogP contribution in [0.15, 0.2) is 36.5 Å². The molecule has 0 spiro atoms. The summed E-state index contributed by atoms with van der Waals surface area (Å²) in [5.74, 6) is 0.0484. The first-order valence-electron chi connectivity index (χ1n) is 7.56. The van der Waals surface area contributed by atoms with Crippen LogP contribution in [-0.4, -0.2) is 37.7 Å². The van der Waals surface area contributed by atoms with Crippen LogP contribution in [0.1, 0.15) is 12.0 Å². The lowest BCUT2D eigenvalue weighted by Crippen LogP contribution is -2.45. The van der Waals surface area contributed by atoms with Gasteiger partial charge in [0.1, 0.15) is 0 Å². The number of nitrogens with zero attached hydrogens (tertiary/aromatic N) is 1. The van der Waals surface area contributed by atoms with Crippen LogP contribution in [0.25, 0.3) is 10.9 Å². The lowest BCUT2D eigenvalue weighted by molar-refractivity contribution is -0.133. The van der Waals surface area contributed by atoms with E-state index in [1.165, 1.54) is 0 Å². The molecule has 2 aromatic rings. The molecule has 0 radical (unpaired) electrons. The van der Waals surface area contributed by atoms with E-state index in [1.807, 2.05) is 30.3 Å². The largest absolute Gasteiger partial charge is 0.384 e. The van der Waals surface area contributed by atoms with Gasteiger partial charge in [0.2, 0.25) is 5.91 Å². The first-order chi connectivity index (χ1) is 10.7. The molecule has 0 saturated carbocycles. The molecular weight excluding hydrogens is 278 g/mol. The van der Waals surface area contributed by atoms with Crippen molar-refractivity contribution in [3.63, 3.8) is 0 Å². The van der Waals surface area contributed by atoms with E-state index in [0.717, 1.165) is 29.4 Å². The van der Waals surface area contributed by atoms with Crippen molar-refractivity contribution in [2.24, 2.45) is 5.41 Å². The van der Waals surface area contributed by atoms with Gasteiger partial charge in [0.15, 0.2) is 0 Å². The van der Waals surface area contributed by atoms with Crippen molar-refractivity contribution in [2.45, 2.75) is 13.0 Å². The number of amides is 1. The lowest BCUT2D eigenvalue weighted by atomic mass is 9.87. The average molecular weight is 299 g/mol. The molecule has 22 heavy (non-hydrogen) atoms. The van der Waals surface area contributed by atoms with Crippen LogP contribution in [0.5, 0.6) is 0 Å². The monoisotopic (exact) mass is 299 g/mol. The lowest BCUT2D eigenvalue weighted by Gasteiger charge is -2.26. The molecule has 1 amide bonds. The minimum absolute atomic E-state index is 0.0484. The second-order valence-corrected chi connectivity index (χ2v) is 5.82. The van der Waals surface area contributed by atoms with Crippen LogP contribution in [0, 0.1) is 5.41 Å². The molecule has 1 atom stereocenters. The summed E-state index contributed by atoms with van der Waals surface area (Å²) in [6.45, 7) is 2.45. The summed E-state index contributed by atoms with van der Waals surface area (Å²) < 4.78 is 5.26. The quantitative estimate of drug-likeness (QED) is 0.878. The number of carbonyl (C=O) groups is 1. The highest BCUT2D eigenvalue weighted by molar-refractivity contribution is 5.85. The van der Waals surface area contributed by atoms with E-state index in [1.54, 1.807) is 13.3 Å². The molecule has 5 heteroatoms. The number of hydrogen-bond donors (Lipinski definition) is 2. The van der Waals surface area contributed by atoms with E-state index in [2.05, 4.69) is 15.6 Å². The maximum Gasteiger partial charge on any atom is 0.230 e. The molecule has 2 N–H and O–H groups in total. The molecule has 5 nitrogen and oxygen atoms in total. The number of hydrogen-bond acceptors (Lipinski definition) is 4. The van der Waals surface area contributed by atoms with Crippen molar-refractivity contribution >= 4 is 16.8 Å². The Balaban J connectivity index is 1.75. The highest BCUT2D eigenvalue weighted by Gasteiger charge is 2.41. The van der Waals surface area contributed by atoms with Gasteiger partial charge in [-0.25, -0.2) is 0 Å². The SMILES string of the molecule is COCC1(C(=O)NCc2cccc3cccnc23)CCNC1. The van der Waals surface area contributed by atoms with Gasteiger partial charge in [-0.05, 0) is 24.6 Å². The summed E-state index contributed by atoms with van der Waals surface area (Å²) in [6.07, 6.45) is 2.58. The number of carbonyl (C=O) groups excluding carboxylic acids is 1. The molecule has 0 bridgehead atoms. The van der Waals surface area contributed by atoms with Crippen molar-refractivity contribution in [2.75, 3.05) is 26.8 Å². The van der Waals surface area contributed by atoms with Crippen LogP contribution in [-0.2, 0) is 16.1 Å². The second-order valence-electron chi connectivity index (χ2n) is 5.82. The fraction of sp³-hybridized carbons (Fsp3) is 0.412. The average Bonchev–Trinajstić information content (AvgIpc) is 3.03. The van der Waals surface area contributed by atoms with Gasteiger partial charge in [0.25, 0.3) is 0 Å². The minimum atomic E-state index is -0.452. The van der Waals surface area contributed by atoms with E-state index >= 15 is 0 Å². The molecule has 1 saturated heterocycles. The minimum Gasteiger partial charge on any atom is -0.384 e. The number of benzene rings is 1. The Morgan fingerprint density at radius 3 is 3.05 bits per heavy atom. The standard InChI is InChI=1S/C17H21N3O2/c1-22-12-17(7-9-18-11-17)16(21)20-10-14-5-2-4-13-6-3-8-19-15(13)14/h2-6,8,18H,7,9-12H2,1H3,(H,20,21). The topological polar surface area (TPSA) is 63.2 Å². The molecule has 0 aliphatic carbocycles. The zero-order valence-corrected chi connectivity index (χ0v) is 12.8. The Morgan fingerprint density at radius 1 is 1.41 bits per heavy atom. The molecule has 1 aromatic carbocycles. The number of ether oxygens (including phenoxy) is 1. The van der Waals surface area contributed by atoms with Crippen molar-refractivity contribution in [3.05, 3.63) is 42.1 Å². The summed E-state index contributed by atoms with van der Waals surface area (Å²) in [5.41, 5.74) is 1.52. The van der Waals surface area contributed by atoms with Gasteiger partial charge < -0.3 is 15.4 Å². The van der Waals surface area contributed by atoms with Crippen LogP contribution >= 0.6 is 0 Å². The van der Waals surface area contributed by atoms with E-state index < -0.39 is 5.41 Å². The number of rotatable bonds is 5. The fourth-order valence-corrected chi connectivity index (χ4v) is 3.08. The van der Waals surface area contributed by atoms with Crippen LogP contribution in [0.3, 0.4) is 0 Å². The molecule has 1 fully saturated rings. The summed E-state index contributed by atoms with van der Waals surface area (Å²) in [7, 11) is 1.64. The number of methoxy groups -OCH3 is 1. The number of aromatic nitrogens is 1. The van der Waals surface area contributed by atoms with Gasteiger partial charge in [-0.15, -0.1) is 0 Å². The van der Waals surface area contributed by atoms with Crippen LogP contribution < -0.4 is 10.6 Å². The zero-order valence-electron chi connectivity index (χ0n) is 12.8. The third-order valence-corrected chi connectivity index (χ3v) is 4.30. The van der Waals surface area contributed by atoms with E-state index in [4.69, 9.17) is 4.74 Å². The van der Waals surface area contributed by atoms with Crippen LogP contribution in [0.4, 0.5) is 0 Å². The van der Waals surface area contributed by atoms with Crippen molar-refractivity contribution in [1.29, 1.82) is 0 Å². The smallest absolute Gasteiger partial charge is 0.230 e. The van der Waals surface area contributed by atoms with E-state index in [0.29, 0.717) is 19.7 Å². The molecule has 1 aliphatic rings. The summed E-state index contributed by atoms with van der Waals surface area (Å²) in [5, 5.41) is 7.40. The summed E-state index contributed by atoms with van der Waals surface area (Å²) in [4.78, 5) is 17.0. The predicted molar refractivity (Wildman–Crippen MR) is 85.4 cm³/mol. The third-order valence-electron chi connectivity index (χ3n) is 4.30. The van der Waals surface area contributed by atoms with Crippen molar-refractivity contribution in [1.82, 2.24) is 15.6 Å². The first-order valence-corrected chi connectivity index (χ1v) is 7.56. The predicted octanol–water partition coefficient (Wildman–Crippen LogP) is 1.48. The molecule has 116 valence electrons. The molecule has 1 unspecified atom stereocenters. The molecule has 1 aromatic heterocycles. The van der Waals surface area contributed by atoms with Gasteiger partial charge in [0.05, 0.1) is 17.5 Å². The summed E-state index contributed by atoms with van der Waals surface area (Å²) in [6, 6.07) is 9.98. The second kappa shape index (κ2) is 6.42. The Bertz CT molecular complexity index is 661. The van der Waals surface area contributed by atoms with Gasteiger partial charge in [0, 0.05) is 31.8 Å². The maximum absolute atomic E-state index is 12.6.